The summed E-state index contributed by atoms with van der Waals surface area (Å²) in [6.45, 7) is 10.1. The summed E-state index contributed by atoms with van der Waals surface area (Å²) in [7, 11) is 0. The zero-order valence-electron chi connectivity index (χ0n) is 11.4. The fourth-order valence-corrected chi connectivity index (χ4v) is 2.12. The Morgan fingerprint density at radius 2 is 1.76 bits per heavy atom. The van der Waals surface area contributed by atoms with E-state index in [0.717, 1.165) is 24.4 Å². The summed E-state index contributed by atoms with van der Waals surface area (Å²) in [4.78, 5) is 0. The van der Waals surface area contributed by atoms with Gasteiger partial charge in [0.15, 0.2) is 0 Å². The van der Waals surface area contributed by atoms with E-state index in [1.165, 1.54) is 5.56 Å². The van der Waals surface area contributed by atoms with Gasteiger partial charge in [0.2, 0.25) is 0 Å². The Morgan fingerprint density at radius 3 is 2.24 bits per heavy atom. The maximum atomic E-state index is 5.95. The first kappa shape index (κ1) is 14.5. The number of hydrogen-bond acceptors (Lipinski definition) is 1. The molecule has 96 valence electrons. The van der Waals surface area contributed by atoms with Crippen LogP contribution < -0.4 is 5.32 Å². The summed E-state index contributed by atoms with van der Waals surface area (Å²) in [5.74, 6) is 0. The number of rotatable bonds is 6. The summed E-state index contributed by atoms with van der Waals surface area (Å²) < 4.78 is 0. The second kappa shape index (κ2) is 6.42. The van der Waals surface area contributed by atoms with Gasteiger partial charge in [-0.15, -0.1) is 0 Å². The Balaban J connectivity index is 2.93. The molecule has 1 nitrogen and oxygen atoms in total. The maximum Gasteiger partial charge on any atom is 0.0406 e. The molecule has 0 amide bonds. The number of benzene rings is 1. The molecule has 1 aromatic carbocycles. The predicted molar refractivity (Wildman–Crippen MR) is 76.6 cm³/mol. The van der Waals surface area contributed by atoms with Crippen LogP contribution in [-0.4, -0.2) is 6.54 Å². The van der Waals surface area contributed by atoms with Gasteiger partial charge in [0, 0.05) is 11.1 Å². The lowest BCUT2D eigenvalue weighted by atomic mass is 9.78. The van der Waals surface area contributed by atoms with Crippen molar-refractivity contribution in [1.29, 1.82) is 0 Å². The standard InChI is InChI=1S/C15H24ClN/c1-5-11-17-14(15(3,4)6-2)12-7-9-13(16)10-8-12/h7-10,14,17H,5-6,11H2,1-4H3. The Bertz CT molecular complexity index is 329. The molecule has 0 spiro atoms. The summed E-state index contributed by atoms with van der Waals surface area (Å²) in [6, 6.07) is 8.61. The molecule has 0 aliphatic heterocycles. The average molecular weight is 254 g/mol. The van der Waals surface area contributed by atoms with Gasteiger partial charge in [-0.3, -0.25) is 0 Å². The molecule has 0 aliphatic rings. The molecular weight excluding hydrogens is 230 g/mol. The molecule has 1 aromatic rings. The van der Waals surface area contributed by atoms with Gasteiger partial charge in [-0.2, -0.15) is 0 Å². The van der Waals surface area contributed by atoms with Crippen LogP contribution in [0.5, 0.6) is 0 Å². The molecule has 2 heteroatoms. The van der Waals surface area contributed by atoms with Crippen molar-refractivity contribution >= 4 is 11.6 Å². The number of halogens is 1. The first-order valence-corrected chi connectivity index (χ1v) is 6.88. The first-order valence-electron chi connectivity index (χ1n) is 6.50. The van der Waals surface area contributed by atoms with Crippen LogP contribution in [0.25, 0.3) is 0 Å². The second-order valence-corrected chi connectivity index (χ2v) is 5.72. The minimum atomic E-state index is 0.253. The summed E-state index contributed by atoms with van der Waals surface area (Å²) >= 11 is 5.95. The number of hydrogen-bond donors (Lipinski definition) is 1. The van der Waals surface area contributed by atoms with E-state index in [2.05, 4.69) is 45.1 Å². The Morgan fingerprint density at radius 1 is 1.18 bits per heavy atom. The molecule has 1 atom stereocenters. The van der Waals surface area contributed by atoms with Crippen molar-refractivity contribution in [1.82, 2.24) is 5.32 Å². The average Bonchev–Trinajstić information content (AvgIpc) is 2.31. The highest BCUT2D eigenvalue weighted by Crippen LogP contribution is 2.36. The third-order valence-electron chi connectivity index (χ3n) is 3.49. The molecule has 0 heterocycles. The molecule has 0 fully saturated rings. The fraction of sp³-hybridized carbons (Fsp3) is 0.600. The quantitative estimate of drug-likeness (QED) is 0.767. The molecule has 1 unspecified atom stereocenters. The largest absolute Gasteiger partial charge is 0.309 e. The van der Waals surface area contributed by atoms with Crippen LogP contribution in [0.1, 0.15) is 52.1 Å². The van der Waals surface area contributed by atoms with E-state index in [1.54, 1.807) is 0 Å². The van der Waals surface area contributed by atoms with Crippen molar-refractivity contribution < 1.29 is 0 Å². The van der Waals surface area contributed by atoms with Crippen LogP contribution in [0.4, 0.5) is 0 Å². The third kappa shape index (κ3) is 4.01. The minimum Gasteiger partial charge on any atom is -0.309 e. The van der Waals surface area contributed by atoms with Crippen LogP contribution >= 0.6 is 11.6 Å². The van der Waals surface area contributed by atoms with Crippen LogP contribution in [0.2, 0.25) is 5.02 Å². The molecule has 1 rings (SSSR count). The van der Waals surface area contributed by atoms with E-state index in [0.29, 0.717) is 6.04 Å². The van der Waals surface area contributed by atoms with E-state index >= 15 is 0 Å². The minimum absolute atomic E-state index is 0.253. The first-order chi connectivity index (χ1) is 8.01. The van der Waals surface area contributed by atoms with Gasteiger partial charge in [0.1, 0.15) is 0 Å². The zero-order valence-corrected chi connectivity index (χ0v) is 12.1. The fourth-order valence-electron chi connectivity index (χ4n) is 1.99. The summed E-state index contributed by atoms with van der Waals surface area (Å²) in [5, 5.41) is 4.46. The molecule has 0 aliphatic carbocycles. The van der Waals surface area contributed by atoms with Gasteiger partial charge in [-0.05, 0) is 42.5 Å². The Hall–Kier alpha value is -0.530. The maximum absolute atomic E-state index is 5.95. The van der Waals surface area contributed by atoms with E-state index in [-0.39, 0.29) is 5.41 Å². The molecule has 0 saturated heterocycles. The number of nitrogens with one attached hydrogen (secondary N) is 1. The van der Waals surface area contributed by atoms with Crippen LogP contribution in [0.15, 0.2) is 24.3 Å². The summed E-state index contributed by atoms with van der Waals surface area (Å²) in [5.41, 5.74) is 1.58. The smallest absolute Gasteiger partial charge is 0.0406 e. The highest BCUT2D eigenvalue weighted by Gasteiger charge is 2.28. The van der Waals surface area contributed by atoms with Crippen molar-refractivity contribution in [3.05, 3.63) is 34.9 Å². The highest BCUT2D eigenvalue weighted by molar-refractivity contribution is 6.30. The monoisotopic (exact) mass is 253 g/mol. The molecular formula is C15H24ClN. The van der Waals surface area contributed by atoms with Crippen molar-refractivity contribution in [2.75, 3.05) is 6.54 Å². The van der Waals surface area contributed by atoms with Gasteiger partial charge in [0.05, 0.1) is 0 Å². The van der Waals surface area contributed by atoms with Crippen molar-refractivity contribution in [2.24, 2.45) is 5.41 Å². The highest BCUT2D eigenvalue weighted by atomic mass is 35.5. The lowest BCUT2D eigenvalue weighted by Crippen LogP contribution is -2.34. The van der Waals surface area contributed by atoms with Gasteiger partial charge in [-0.1, -0.05) is 51.4 Å². The normalized spacial score (nSPS) is 13.7. The molecule has 17 heavy (non-hydrogen) atoms. The second-order valence-electron chi connectivity index (χ2n) is 5.28. The van der Waals surface area contributed by atoms with Crippen molar-refractivity contribution in [3.8, 4) is 0 Å². The Labute approximate surface area is 111 Å². The zero-order chi connectivity index (χ0) is 12.9. The summed E-state index contributed by atoms with van der Waals surface area (Å²) in [6.07, 6.45) is 2.31. The van der Waals surface area contributed by atoms with Crippen molar-refractivity contribution in [2.45, 2.75) is 46.6 Å². The van der Waals surface area contributed by atoms with Crippen molar-refractivity contribution in [3.63, 3.8) is 0 Å². The molecule has 0 radical (unpaired) electrons. The Kier molecular flexibility index (Phi) is 5.48. The SMILES string of the molecule is CCCNC(c1ccc(Cl)cc1)C(C)(C)CC. The van der Waals surface area contributed by atoms with E-state index < -0.39 is 0 Å². The molecule has 1 N–H and O–H groups in total. The van der Waals surface area contributed by atoms with Crippen LogP contribution in [-0.2, 0) is 0 Å². The van der Waals surface area contributed by atoms with Crippen LogP contribution in [0, 0.1) is 5.41 Å². The lowest BCUT2D eigenvalue weighted by molar-refractivity contribution is 0.235. The topological polar surface area (TPSA) is 12.0 Å². The molecule has 0 bridgehead atoms. The van der Waals surface area contributed by atoms with E-state index in [1.807, 2.05) is 12.1 Å². The van der Waals surface area contributed by atoms with Gasteiger partial charge in [0.25, 0.3) is 0 Å². The van der Waals surface area contributed by atoms with E-state index in [4.69, 9.17) is 11.6 Å². The van der Waals surface area contributed by atoms with Gasteiger partial charge < -0.3 is 5.32 Å². The predicted octanol–water partition coefficient (Wildman–Crippen LogP) is 4.82. The van der Waals surface area contributed by atoms with E-state index in [9.17, 15) is 0 Å². The van der Waals surface area contributed by atoms with Gasteiger partial charge in [-0.25, -0.2) is 0 Å². The molecule has 0 aromatic heterocycles. The lowest BCUT2D eigenvalue weighted by Gasteiger charge is -2.35. The van der Waals surface area contributed by atoms with Gasteiger partial charge >= 0.3 is 0 Å². The third-order valence-corrected chi connectivity index (χ3v) is 3.75. The van der Waals surface area contributed by atoms with Crippen LogP contribution in [0.3, 0.4) is 0 Å². The molecule has 0 saturated carbocycles.